The van der Waals surface area contributed by atoms with Gasteiger partial charge in [-0.3, -0.25) is 10.00 Å². The number of likely N-dealkylation sites (tertiary alicyclic amines) is 1. The Kier molecular flexibility index (Phi) is 6.11. The minimum absolute atomic E-state index is 0.00310. The van der Waals surface area contributed by atoms with Crippen LogP contribution < -0.4 is 4.74 Å². The molecular weight excluding hydrogens is 398 g/mol. The lowest BCUT2D eigenvalue weighted by atomic mass is 9.90. The van der Waals surface area contributed by atoms with Crippen LogP contribution in [0.25, 0.3) is 10.9 Å². The SMILES string of the molecule is COc1ccc(CN2CCC[C@H](Cc3ccc4[nH]ncc4c3)C2)cc1CS(C)(=O)=O. The first-order chi connectivity index (χ1) is 14.4. The molecule has 0 unspecified atom stereocenters. The first-order valence-electron chi connectivity index (χ1n) is 10.4. The molecule has 3 aromatic rings. The molecule has 160 valence electrons. The molecule has 0 amide bonds. The third-order valence-corrected chi connectivity index (χ3v) is 6.64. The Morgan fingerprint density at radius 1 is 1.20 bits per heavy atom. The van der Waals surface area contributed by atoms with Gasteiger partial charge in [-0.25, -0.2) is 8.42 Å². The van der Waals surface area contributed by atoms with E-state index in [1.165, 1.54) is 24.7 Å². The number of aromatic amines is 1. The van der Waals surface area contributed by atoms with Crippen LogP contribution in [-0.4, -0.2) is 50.0 Å². The van der Waals surface area contributed by atoms with Gasteiger partial charge in [-0.15, -0.1) is 0 Å². The minimum atomic E-state index is -3.11. The topological polar surface area (TPSA) is 75.3 Å². The Balaban J connectivity index is 1.42. The molecule has 0 bridgehead atoms. The van der Waals surface area contributed by atoms with Crippen molar-refractivity contribution < 1.29 is 13.2 Å². The largest absolute Gasteiger partial charge is 0.496 e. The van der Waals surface area contributed by atoms with Crippen LogP contribution in [0.15, 0.2) is 42.6 Å². The summed E-state index contributed by atoms with van der Waals surface area (Å²) in [4.78, 5) is 2.48. The number of rotatable bonds is 7. The lowest BCUT2D eigenvalue weighted by Gasteiger charge is -2.33. The Bertz CT molecular complexity index is 1120. The third-order valence-electron chi connectivity index (χ3n) is 5.80. The molecule has 1 atom stereocenters. The maximum absolute atomic E-state index is 11.8. The summed E-state index contributed by atoms with van der Waals surface area (Å²) in [5, 5.41) is 8.28. The van der Waals surface area contributed by atoms with Crippen molar-refractivity contribution >= 4 is 20.7 Å². The first kappa shape index (κ1) is 20.9. The van der Waals surface area contributed by atoms with Gasteiger partial charge in [0.1, 0.15) is 5.75 Å². The zero-order valence-electron chi connectivity index (χ0n) is 17.6. The first-order valence-corrected chi connectivity index (χ1v) is 12.4. The van der Waals surface area contributed by atoms with Crippen molar-refractivity contribution in [2.75, 3.05) is 26.5 Å². The molecule has 1 saturated heterocycles. The van der Waals surface area contributed by atoms with Gasteiger partial charge in [-0.1, -0.05) is 12.1 Å². The fourth-order valence-corrected chi connectivity index (χ4v) is 5.29. The zero-order chi connectivity index (χ0) is 21.1. The Labute approximate surface area is 178 Å². The second-order valence-electron chi connectivity index (χ2n) is 8.46. The number of nitrogens with one attached hydrogen (secondary N) is 1. The standard InChI is InChI=1S/C23H29N3O3S/c1-29-23-8-6-19(12-21(23)16-30(2,27)28)15-26-9-3-4-18(14-26)10-17-5-7-22-20(11-17)13-24-25-22/h5-8,11-13,18H,3-4,9-10,14-16H2,1-2H3,(H,24,25)/t18-/m1/s1. The molecule has 6 nitrogen and oxygen atoms in total. The molecule has 1 fully saturated rings. The average molecular weight is 428 g/mol. The molecule has 2 heterocycles. The van der Waals surface area contributed by atoms with Gasteiger partial charge in [0.25, 0.3) is 0 Å². The number of aromatic nitrogens is 2. The highest BCUT2D eigenvalue weighted by atomic mass is 32.2. The molecule has 2 aromatic carbocycles. The normalized spacial score (nSPS) is 18.0. The molecule has 30 heavy (non-hydrogen) atoms. The third kappa shape index (κ3) is 5.21. The number of sulfone groups is 1. The van der Waals surface area contributed by atoms with E-state index in [-0.39, 0.29) is 5.75 Å². The summed E-state index contributed by atoms with van der Waals surface area (Å²) in [6.45, 7) is 2.96. The smallest absolute Gasteiger partial charge is 0.151 e. The molecule has 0 saturated carbocycles. The van der Waals surface area contributed by atoms with Gasteiger partial charge in [-0.05, 0) is 67.1 Å². The van der Waals surface area contributed by atoms with Gasteiger partial charge in [0.2, 0.25) is 0 Å². The predicted molar refractivity (Wildman–Crippen MR) is 119 cm³/mol. The van der Waals surface area contributed by atoms with Crippen LogP contribution in [0.1, 0.15) is 29.5 Å². The highest BCUT2D eigenvalue weighted by molar-refractivity contribution is 7.89. The summed E-state index contributed by atoms with van der Waals surface area (Å²) in [5.41, 5.74) is 4.30. The monoisotopic (exact) mass is 427 g/mol. The van der Waals surface area contributed by atoms with E-state index in [1.54, 1.807) is 7.11 Å². The van der Waals surface area contributed by atoms with E-state index in [9.17, 15) is 8.42 Å². The van der Waals surface area contributed by atoms with E-state index in [1.807, 2.05) is 24.4 Å². The Morgan fingerprint density at radius 3 is 2.83 bits per heavy atom. The number of fused-ring (bicyclic) bond motifs is 1. The van der Waals surface area contributed by atoms with E-state index in [0.29, 0.717) is 11.7 Å². The van der Waals surface area contributed by atoms with Gasteiger partial charge in [0, 0.05) is 30.3 Å². The number of benzene rings is 2. The Hall–Kier alpha value is -2.38. The summed E-state index contributed by atoms with van der Waals surface area (Å²) < 4.78 is 28.9. The lowest BCUT2D eigenvalue weighted by Crippen LogP contribution is -2.35. The molecule has 0 aliphatic carbocycles. The van der Waals surface area contributed by atoms with Crippen molar-refractivity contribution in [3.05, 3.63) is 59.3 Å². The molecular formula is C23H29N3O3S. The van der Waals surface area contributed by atoms with Crippen molar-refractivity contribution in [1.29, 1.82) is 0 Å². The number of hydrogen-bond donors (Lipinski definition) is 1. The highest BCUT2D eigenvalue weighted by Gasteiger charge is 2.21. The van der Waals surface area contributed by atoms with Gasteiger partial charge in [0.05, 0.1) is 24.6 Å². The molecule has 4 rings (SSSR count). The van der Waals surface area contributed by atoms with Gasteiger partial charge in [0.15, 0.2) is 9.84 Å². The summed E-state index contributed by atoms with van der Waals surface area (Å²) >= 11 is 0. The number of hydrogen-bond acceptors (Lipinski definition) is 5. The fraction of sp³-hybridized carbons (Fsp3) is 0.435. The highest BCUT2D eigenvalue weighted by Crippen LogP contribution is 2.26. The molecule has 7 heteroatoms. The fourth-order valence-electron chi connectivity index (χ4n) is 4.50. The van der Waals surface area contributed by atoms with Crippen LogP contribution in [-0.2, 0) is 28.6 Å². The molecule has 1 aliphatic heterocycles. The van der Waals surface area contributed by atoms with E-state index < -0.39 is 9.84 Å². The number of methoxy groups -OCH3 is 1. The average Bonchev–Trinajstić information content (AvgIpc) is 3.15. The van der Waals surface area contributed by atoms with Gasteiger partial charge in [-0.2, -0.15) is 5.10 Å². The van der Waals surface area contributed by atoms with E-state index in [2.05, 4.69) is 33.3 Å². The van der Waals surface area contributed by atoms with Crippen LogP contribution in [0.3, 0.4) is 0 Å². The molecule has 1 aliphatic rings. The Morgan fingerprint density at radius 2 is 2.03 bits per heavy atom. The van der Waals surface area contributed by atoms with Crippen molar-refractivity contribution in [3.8, 4) is 5.75 Å². The number of piperidine rings is 1. The summed E-state index contributed by atoms with van der Waals surface area (Å²) in [6, 6.07) is 12.5. The van der Waals surface area contributed by atoms with Crippen LogP contribution >= 0.6 is 0 Å². The predicted octanol–water partition coefficient (Wildman–Crippen LogP) is 3.57. The maximum atomic E-state index is 11.8. The molecule has 1 N–H and O–H groups in total. The van der Waals surface area contributed by atoms with Crippen LogP contribution in [0.5, 0.6) is 5.75 Å². The quantitative estimate of drug-likeness (QED) is 0.624. The van der Waals surface area contributed by atoms with Gasteiger partial charge < -0.3 is 4.74 Å². The van der Waals surface area contributed by atoms with E-state index >= 15 is 0 Å². The number of H-pyrrole nitrogens is 1. The summed E-state index contributed by atoms with van der Waals surface area (Å²) in [7, 11) is -1.53. The van der Waals surface area contributed by atoms with Crippen LogP contribution in [0, 0.1) is 5.92 Å². The maximum Gasteiger partial charge on any atom is 0.151 e. The number of nitrogens with zero attached hydrogens (tertiary/aromatic N) is 2. The van der Waals surface area contributed by atoms with Crippen molar-refractivity contribution in [2.24, 2.45) is 5.92 Å². The van der Waals surface area contributed by atoms with Crippen molar-refractivity contribution in [2.45, 2.75) is 31.6 Å². The lowest BCUT2D eigenvalue weighted by molar-refractivity contribution is 0.167. The summed E-state index contributed by atoms with van der Waals surface area (Å²) in [6.07, 6.45) is 6.63. The van der Waals surface area contributed by atoms with Crippen LogP contribution in [0.4, 0.5) is 0 Å². The van der Waals surface area contributed by atoms with Crippen molar-refractivity contribution in [3.63, 3.8) is 0 Å². The van der Waals surface area contributed by atoms with E-state index in [0.717, 1.165) is 48.1 Å². The molecule has 0 spiro atoms. The number of ether oxygens (including phenoxy) is 1. The van der Waals surface area contributed by atoms with E-state index in [4.69, 9.17) is 4.74 Å². The van der Waals surface area contributed by atoms with Gasteiger partial charge >= 0.3 is 0 Å². The molecule has 1 aromatic heterocycles. The zero-order valence-corrected chi connectivity index (χ0v) is 18.4. The minimum Gasteiger partial charge on any atom is -0.496 e. The molecule has 0 radical (unpaired) electrons. The summed E-state index contributed by atoms with van der Waals surface area (Å²) in [5.74, 6) is 1.26. The second-order valence-corrected chi connectivity index (χ2v) is 10.6. The van der Waals surface area contributed by atoms with Crippen molar-refractivity contribution in [1.82, 2.24) is 15.1 Å². The second kappa shape index (κ2) is 8.78. The van der Waals surface area contributed by atoms with Crippen LogP contribution in [0.2, 0.25) is 0 Å².